The maximum absolute atomic E-state index is 13.0. The molecule has 1 N–H and O–H groups in total. The summed E-state index contributed by atoms with van der Waals surface area (Å²) in [5.74, 6) is -0.165. The molecule has 1 aromatic rings. The van der Waals surface area contributed by atoms with Gasteiger partial charge in [-0.1, -0.05) is 6.07 Å². The molecule has 4 heteroatoms. The molecule has 3 nitrogen and oxygen atoms in total. The van der Waals surface area contributed by atoms with Gasteiger partial charge in [0, 0.05) is 32.2 Å². The summed E-state index contributed by atoms with van der Waals surface area (Å²) < 4.78 is 18.8. The molecule has 1 saturated heterocycles. The van der Waals surface area contributed by atoms with E-state index in [1.807, 2.05) is 13.0 Å². The number of benzene rings is 1. The standard InChI is InChI=1S/C16H23FN2O/c1-12-8-14(17)3-2-13(12)9-18-10-16-11-19(6-7-20-16)15-4-5-15/h2-3,8,15-16,18H,4-7,9-11H2,1H3/t16-/m1/s1. The molecule has 1 aliphatic carbocycles. The van der Waals surface area contributed by atoms with Gasteiger partial charge in [-0.3, -0.25) is 4.90 Å². The number of aryl methyl sites for hydroxylation is 1. The number of ether oxygens (including phenoxy) is 1. The SMILES string of the molecule is Cc1cc(F)ccc1CNC[C@@H]1CN(C2CC2)CCO1. The minimum absolute atomic E-state index is 0.165. The Balaban J connectivity index is 1.44. The molecule has 3 rings (SSSR count). The van der Waals surface area contributed by atoms with Crippen molar-refractivity contribution in [3.8, 4) is 0 Å². The molecule has 1 aromatic carbocycles. The smallest absolute Gasteiger partial charge is 0.123 e. The van der Waals surface area contributed by atoms with Crippen molar-refractivity contribution in [1.82, 2.24) is 10.2 Å². The van der Waals surface area contributed by atoms with Crippen molar-refractivity contribution in [2.75, 3.05) is 26.2 Å². The molecule has 1 aliphatic heterocycles. The Morgan fingerprint density at radius 2 is 2.25 bits per heavy atom. The predicted molar refractivity (Wildman–Crippen MR) is 77.2 cm³/mol. The molecule has 1 heterocycles. The molecule has 0 radical (unpaired) electrons. The van der Waals surface area contributed by atoms with E-state index < -0.39 is 0 Å². The topological polar surface area (TPSA) is 24.5 Å². The summed E-state index contributed by atoms with van der Waals surface area (Å²) >= 11 is 0. The summed E-state index contributed by atoms with van der Waals surface area (Å²) in [7, 11) is 0. The Morgan fingerprint density at radius 1 is 1.40 bits per heavy atom. The Hall–Kier alpha value is -0.970. The number of hydrogen-bond acceptors (Lipinski definition) is 3. The van der Waals surface area contributed by atoms with Crippen molar-refractivity contribution in [2.45, 2.75) is 38.5 Å². The molecule has 110 valence electrons. The van der Waals surface area contributed by atoms with E-state index in [0.717, 1.165) is 50.0 Å². The van der Waals surface area contributed by atoms with E-state index in [4.69, 9.17) is 4.74 Å². The van der Waals surface area contributed by atoms with Gasteiger partial charge in [-0.2, -0.15) is 0 Å². The van der Waals surface area contributed by atoms with Crippen LogP contribution in [0.1, 0.15) is 24.0 Å². The summed E-state index contributed by atoms with van der Waals surface area (Å²) in [6.07, 6.45) is 2.99. The summed E-state index contributed by atoms with van der Waals surface area (Å²) in [4.78, 5) is 2.55. The summed E-state index contributed by atoms with van der Waals surface area (Å²) in [6, 6.07) is 5.79. The average molecular weight is 278 g/mol. The lowest BCUT2D eigenvalue weighted by atomic mass is 10.1. The number of hydrogen-bond donors (Lipinski definition) is 1. The summed E-state index contributed by atoms with van der Waals surface area (Å²) in [6.45, 7) is 6.55. The summed E-state index contributed by atoms with van der Waals surface area (Å²) in [5.41, 5.74) is 2.16. The van der Waals surface area contributed by atoms with Crippen molar-refractivity contribution >= 4 is 0 Å². The van der Waals surface area contributed by atoms with E-state index in [1.165, 1.54) is 18.9 Å². The van der Waals surface area contributed by atoms with Gasteiger partial charge < -0.3 is 10.1 Å². The number of nitrogens with zero attached hydrogens (tertiary/aromatic N) is 1. The zero-order valence-electron chi connectivity index (χ0n) is 12.1. The first-order valence-electron chi connectivity index (χ1n) is 7.54. The van der Waals surface area contributed by atoms with Crippen LogP contribution >= 0.6 is 0 Å². The van der Waals surface area contributed by atoms with Crippen molar-refractivity contribution in [1.29, 1.82) is 0 Å². The van der Waals surface area contributed by atoms with E-state index in [1.54, 1.807) is 6.07 Å². The molecule has 0 unspecified atom stereocenters. The van der Waals surface area contributed by atoms with Gasteiger partial charge in [-0.15, -0.1) is 0 Å². The van der Waals surface area contributed by atoms with Gasteiger partial charge in [-0.25, -0.2) is 4.39 Å². The van der Waals surface area contributed by atoms with E-state index >= 15 is 0 Å². The zero-order chi connectivity index (χ0) is 13.9. The quantitative estimate of drug-likeness (QED) is 0.892. The molecular formula is C16H23FN2O. The Labute approximate surface area is 120 Å². The second kappa shape index (κ2) is 6.20. The number of rotatable bonds is 5. The van der Waals surface area contributed by atoms with E-state index in [9.17, 15) is 4.39 Å². The van der Waals surface area contributed by atoms with Crippen LogP contribution in [0.3, 0.4) is 0 Å². The van der Waals surface area contributed by atoms with Crippen LogP contribution in [0.2, 0.25) is 0 Å². The normalized spacial score (nSPS) is 24.0. The first-order chi connectivity index (χ1) is 9.72. The van der Waals surface area contributed by atoms with E-state index in [-0.39, 0.29) is 11.9 Å². The highest BCUT2D eigenvalue weighted by Gasteiger charge is 2.32. The van der Waals surface area contributed by atoms with Gasteiger partial charge in [0.25, 0.3) is 0 Å². The molecule has 1 saturated carbocycles. The monoisotopic (exact) mass is 278 g/mol. The third-order valence-electron chi connectivity index (χ3n) is 4.23. The first-order valence-corrected chi connectivity index (χ1v) is 7.54. The molecule has 0 aromatic heterocycles. The largest absolute Gasteiger partial charge is 0.374 e. The van der Waals surface area contributed by atoms with E-state index in [2.05, 4.69) is 10.2 Å². The molecule has 2 aliphatic rings. The predicted octanol–water partition coefficient (Wildman–Crippen LogP) is 2.09. The second-order valence-electron chi connectivity index (χ2n) is 5.92. The number of halogens is 1. The minimum atomic E-state index is -0.165. The third-order valence-corrected chi connectivity index (χ3v) is 4.23. The highest BCUT2D eigenvalue weighted by Crippen LogP contribution is 2.28. The molecule has 20 heavy (non-hydrogen) atoms. The van der Waals surface area contributed by atoms with Gasteiger partial charge >= 0.3 is 0 Å². The summed E-state index contributed by atoms with van der Waals surface area (Å²) in [5, 5.41) is 3.44. The molecule has 0 spiro atoms. The number of nitrogens with one attached hydrogen (secondary N) is 1. The van der Waals surface area contributed by atoms with Gasteiger partial charge in [0.05, 0.1) is 12.7 Å². The van der Waals surface area contributed by atoms with Crippen molar-refractivity contribution in [3.05, 3.63) is 35.1 Å². The van der Waals surface area contributed by atoms with Crippen molar-refractivity contribution in [2.24, 2.45) is 0 Å². The lowest BCUT2D eigenvalue weighted by Gasteiger charge is -2.33. The lowest BCUT2D eigenvalue weighted by Crippen LogP contribution is -2.47. The maximum atomic E-state index is 13.0. The highest BCUT2D eigenvalue weighted by atomic mass is 19.1. The van der Waals surface area contributed by atoms with Crippen LogP contribution in [0, 0.1) is 12.7 Å². The molecular weight excluding hydrogens is 255 g/mol. The maximum Gasteiger partial charge on any atom is 0.123 e. The molecule has 2 fully saturated rings. The van der Waals surface area contributed by atoms with Gasteiger partial charge in [0.15, 0.2) is 0 Å². The molecule has 1 atom stereocenters. The fourth-order valence-corrected chi connectivity index (χ4v) is 2.86. The minimum Gasteiger partial charge on any atom is -0.374 e. The van der Waals surface area contributed by atoms with Crippen LogP contribution in [-0.2, 0) is 11.3 Å². The van der Waals surface area contributed by atoms with Gasteiger partial charge in [-0.05, 0) is 43.0 Å². The fraction of sp³-hybridized carbons (Fsp3) is 0.625. The first kappa shape index (κ1) is 14.0. The molecule has 0 bridgehead atoms. The second-order valence-corrected chi connectivity index (χ2v) is 5.92. The zero-order valence-corrected chi connectivity index (χ0v) is 12.1. The van der Waals surface area contributed by atoms with Crippen LogP contribution in [0.25, 0.3) is 0 Å². The highest BCUT2D eigenvalue weighted by molar-refractivity contribution is 5.26. The van der Waals surface area contributed by atoms with Crippen LogP contribution in [0.4, 0.5) is 4.39 Å². The van der Waals surface area contributed by atoms with Crippen molar-refractivity contribution < 1.29 is 9.13 Å². The number of morpholine rings is 1. The third kappa shape index (κ3) is 3.57. The van der Waals surface area contributed by atoms with Crippen LogP contribution in [0.15, 0.2) is 18.2 Å². The fourth-order valence-electron chi connectivity index (χ4n) is 2.86. The molecule has 0 amide bonds. The van der Waals surface area contributed by atoms with Crippen LogP contribution in [0.5, 0.6) is 0 Å². The van der Waals surface area contributed by atoms with Crippen LogP contribution in [-0.4, -0.2) is 43.3 Å². The average Bonchev–Trinajstić information content (AvgIpc) is 3.26. The Morgan fingerprint density at radius 3 is 3.00 bits per heavy atom. The van der Waals surface area contributed by atoms with Gasteiger partial charge in [0.1, 0.15) is 5.82 Å². The Bertz CT molecular complexity index is 462. The van der Waals surface area contributed by atoms with Crippen LogP contribution < -0.4 is 5.32 Å². The Kier molecular flexibility index (Phi) is 4.34. The van der Waals surface area contributed by atoms with Crippen molar-refractivity contribution in [3.63, 3.8) is 0 Å². The lowest BCUT2D eigenvalue weighted by molar-refractivity contribution is -0.0301. The van der Waals surface area contributed by atoms with E-state index in [0.29, 0.717) is 0 Å². The van der Waals surface area contributed by atoms with Gasteiger partial charge in [0.2, 0.25) is 0 Å².